The number of para-hydroxylation sites is 2. The maximum absolute atomic E-state index is 2.43. The first-order chi connectivity index (χ1) is 33.7. The van der Waals surface area contributed by atoms with E-state index in [2.05, 4.69) is 276 Å². The molecule has 1 heterocycles. The molecular formula is C66H44N2. The van der Waals surface area contributed by atoms with Crippen LogP contribution in [0.1, 0.15) is 0 Å². The van der Waals surface area contributed by atoms with Crippen LogP contribution in [0.3, 0.4) is 0 Å². The Labute approximate surface area is 395 Å². The Kier molecular flexibility index (Phi) is 9.54. The second kappa shape index (κ2) is 16.5. The maximum Gasteiger partial charge on any atom is 0.0561 e. The molecule has 68 heavy (non-hydrogen) atoms. The molecule has 0 radical (unpaired) electrons. The van der Waals surface area contributed by atoms with E-state index in [0.29, 0.717) is 0 Å². The zero-order valence-corrected chi connectivity index (χ0v) is 37.3. The van der Waals surface area contributed by atoms with Crippen molar-refractivity contribution in [3.63, 3.8) is 0 Å². The first-order valence-corrected chi connectivity index (χ1v) is 23.4. The Bertz CT molecular complexity index is 4020. The Morgan fingerprint density at radius 3 is 1.41 bits per heavy atom. The van der Waals surface area contributed by atoms with Crippen molar-refractivity contribution >= 4 is 71.2 Å². The molecule has 0 aliphatic rings. The normalized spacial score (nSPS) is 11.5. The number of benzene rings is 12. The van der Waals surface area contributed by atoms with E-state index < -0.39 is 0 Å². The Morgan fingerprint density at radius 2 is 0.706 bits per heavy atom. The van der Waals surface area contributed by atoms with Crippen LogP contribution in [0, 0.1) is 0 Å². The largest absolute Gasteiger partial charge is 0.310 e. The molecular weight excluding hydrogens is 821 g/mol. The third-order valence-electron chi connectivity index (χ3n) is 13.7. The summed E-state index contributed by atoms with van der Waals surface area (Å²) in [5.41, 5.74) is 16.3. The predicted octanol–water partition coefficient (Wildman–Crippen LogP) is 18.4. The summed E-state index contributed by atoms with van der Waals surface area (Å²) in [4.78, 5) is 2.43. The molecule has 0 aliphatic carbocycles. The molecule has 0 atom stereocenters. The van der Waals surface area contributed by atoms with Crippen LogP contribution in [0.5, 0.6) is 0 Å². The van der Waals surface area contributed by atoms with Crippen LogP contribution in [0.25, 0.3) is 104 Å². The van der Waals surface area contributed by atoms with Crippen LogP contribution >= 0.6 is 0 Å². The van der Waals surface area contributed by atoms with E-state index >= 15 is 0 Å². The first-order valence-electron chi connectivity index (χ1n) is 23.4. The van der Waals surface area contributed by atoms with Gasteiger partial charge in [0.05, 0.1) is 11.0 Å². The lowest BCUT2D eigenvalue weighted by atomic mass is 9.84. The topological polar surface area (TPSA) is 8.17 Å². The van der Waals surface area contributed by atoms with Gasteiger partial charge in [0.25, 0.3) is 0 Å². The van der Waals surface area contributed by atoms with Gasteiger partial charge in [-0.25, -0.2) is 0 Å². The van der Waals surface area contributed by atoms with Crippen molar-refractivity contribution in [2.45, 2.75) is 0 Å². The van der Waals surface area contributed by atoms with Crippen molar-refractivity contribution in [3.05, 3.63) is 267 Å². The SMILES string of the molecule is c1ccc(-c2c(-c3ccccc3)c3cc(-c4cccc(N(c5cccc(-c6ccc7ccccc7c6)c5)c5ccc6c7ccccc7n(-c7ccccc7)c6c5)c4)ccc3c3ccccc23)cc1. The minimum absolute atomic E-state index is 1.08. The second-order valence-electron chi connectivity index (χ2n) is 17.7. The van der Waals surface area contributed by atoms with Gasteiger partial charge in [-0.1, -0.05) is 200 Å². The van der Waals surface area contributed by atoms with Gasteiger partial charge in [-0.2, -0.15) is 0 Å². The van der Waals surface area contributed by atoms with Crippen molar-refractivity contribution in [2.24, 2.45) is 0 Å². The van der Waals surface area contributed by atoms with Crippen molar-refractivity contribution in [3.8, 4) is 50.2 Å². The molecule has 0 fully saturated rings. The fourth-order valence-corrected chi connectivity index (χ4v) is 10.6. The maximum atomic E-state index is 2.43. The lowest BCUT2D eigenvalue weighted by molar-refractivity contribution is 1.18. The highest BCUT2D eigenvalue weighted by atomic mass is 15.1. The molecule has 13 rings (SSSR count). The Morgan fingerprint density at radius 1 is 0.235 bits per heavy atom. The lowest BCUT2D eigenvalue weighted by Gasteiger charge is -2.27. The van der Waals surface area contributed by atoms with Crippen LogP contribution in [0.15, 0.2) is 267 Å². The van der Waals surface area contributed by atoms with Gasteiger partial charge in [-0.05, 0) is 144 Å². The van der Waals surface area contributed by atoms with E-state index in [1.165, 1.54) is 82.0 Å². The average Bonchev–Trinajstić information content (AvgIpc) is 3.75. The van der Waals surface area contributed by atoms with Crippen molar-refractivity contribution < 1.29 is 0 Å². The van der Waals surface area contributed by atoms with Gasteiger partial charge in [0.1, 0.15) is 0 Å². The summed E-state index contributed by atoms with van der Waals surface area (Å²) in [7, 11) is 0. The van der Waals surface area contributed by atoms with E-state index in [0.717, 1.165) is 39.4 Å². The summed E-state index contributed by atoms with van der Waals surface area (Å²) in [6.07, 6.45) is 0. The third kappa shape index (κ3) is 6.73. The predicted molar refractivity (Wildman–Crippen MR) is 290 cm³/mol. The summed E-state index contributed by atoms with van der Waals surface area (Å²) in [6, 6.07) is 97.6. The molecule has 0 spiro atoms. The summed E-state index contributed by atoms with van der Waals surface area (Å²) in [6.45, 7) is 0. The minimum Gasteiger partial charge on any atom is -0.310 e. The average molecular weight is 865 g/mol. The summed E-state index contributed by atoms with van der Waals surface area (Å²) in [5, 5.41) is 9.91. The number of hydrogen-bond acceptors (Lipinski definition) is 1. The van der Waals surface area contributed by atoms with Crippen LogP contribution in [0.2, 0.25) is 0 Å². The monoisotopic (exact) mass is 864 g/mol. The van der Waals surface area contributed by atoms with Gasteiger partial charge in [0.15, 0.2) is 0 Å². The number of hydrogen-bond donors (Lipinski definition) is 0. The molecule has 0 bridgehead atoms. The number of anilines is 3. The molecule has 0 aliphatic heterocycles. The first kappa shape index (κ1) is 39.4. The molecule has 0 unspecified atom stereocenters. The van der Waals surface area contributed by atoms with Crippen LogP contribution in [-0.2, 0) is 0 Å². The van der Waals surface area contributed by atoms with Gasteiger partial charge < -0.3 is 9.47 Å². The van der Waals surface area contributed by atoms with E-state index in [1.807, 2.05) is 0 Å². The molecule has 12 aromatic carbocycles. The molecule has 1 aromatic heterocycles. The molecule has 0 N–H and O–H groups in total. The summed E-state index contributed by atoms with van der Waals surface area (Å²) < 4.78 is 2.40. The Hall–Kier alpha value is -8.98. The molecule has 0 saturated carbocycles. The number of rotatable bonds is 8. The van der Waals surface area contributed by atoms with Crippen molar-refractivity contribution in [2.75, 3.05) is 4.90 Å². The van der Waals surface area contributed by atoms with E-state index in [4.69, 9.17) is 0 Å². The molecule has 2 heteroatoms. The highest BCUT2D eigenvalue weighted by Crippen LogP contribution is 2.47. The van der Waals surface area contributed by atoms with Crippen molar-refractivity contribution in [1.29, 1.82) is 0 Å². The summed E-state index contributed by atoms with van der Waals surface area (Å²) >= 11 is 0. The molecule has 2 nitrogen and oxygen atoms in total. The number of nitrogens with zero attached hydrogens (tertiary/aromatic N) is 2. The highest BCUT2D eigenvalue weighted by molar-refractivity contribution is 6.22. The quantitative estimate of drug-likeness (QED) is 0.138. The number of fused-ring (bicyclic) bond motifs is 7. The summed E-state index contributed by atoms with van der Waals surface area (Å²) in [5.74, 6) is 0. The zero-order valence-electron chi connectivity index (χ0n) is 37.3. The second-order valence-corrected chi connectivity index (χ2v) is 17.7. The van der Waals surface area contributed by atoms with E-state index in [-0.39, 0.29) is 0 Å². The van der Waals surface area contributed by atoms with Gasteiger partial charge >= 0.3 is 0 Å². The highest BCUT2D eigenvalue weighted by Gasteiger charge is 2.21. The standard InChI is InChI=1S/C66H44N2/c1-4-19-46(20-5-1)65-61-32-13-12-30-57(61)58-38-36-52(43-62(58)66(65)47-21-6-2-7-22-47)50-25-17-29-55(42-50)67(54-28-16-24-49(41-54)51-35-34-45-18-10-11-23-48(45)40-51)56-37-39-60-59-31-14-15-33-63(59)68(64(60)44-56)53-26-8-3-9-27-53/h1-44H. The van der Waals surface area contributed by atoms with E-state index in [1.54, 1.807) is 0 Å². The zero-order chi connectivity index (χ0) is 45.0. The van der Waals surface area contributed by atoms with Crippen LogP contribution in [0.4, 0.5) is 17.1 Å². The fourth-order valence-electron chi connectivity index (χ4n) is 10.6. The molecule has 13 aromatic rings. The fraction of sp³-hybridized carbons (Fsp3) is 0. The van der Waals surface area contributed by atoms with Crippen molar-refractivity contribution in [1.82, 2.24) is 4.57 Å². The smallest absolute Gasteiger partial charge is 0.0561 e. The molecule has 318 valence electrons. The molecule has 0 saturated heterocycles. The Balaban J connectivity index is 1.03. The van der Waals surface area contributed by atoms with Crippen LogP contribution in [-0.4, -0.2) is 4.57 Å². The van der Waals surface area contributed by atoms with Crippen LogP contribution < -0.4 is 4.90 Å². The third-order valence-corrected chi connectivity index (χ3v) is 13.7. The van der Waals surface area contributed by atoms with Gasteiger partial charge in [-0.15, -0.1) is 0 Å². The number of aromatic nitrogens is 1. The van der Waals surface area contributed by atoms with Gasteiger partial charge in [0.2, 0.25) is 0 Å². The van der Waals surface area contributed by atoms with E-state index in [9.17, 15) is 0 Å². The molecule has 0 amide bonds. The minimum atomic E-state index is 1.08. The van der Waals surface area contributed by atoms with Gasteiger partial charge in [0, 0.05) is 33.5 Å². The lowest BCUT2D eigenvalue weighted by Crippen LogP contribution is -2.10. The van der Waals surface area contributed by atoms with Gasteiger partial charge in [-0.3, -0.25) is 0 Å².